The molecule has 2 heterocycles. The highest BCUT2D eigenvalue weighted by Gasteiger charge is 2.40. The van der Waals surface area contributed by atoms with E-state index in [0.717, 1.165) is 0 Å². The van der Waals surface area contributed by atoms with Gasteiger partial charge in [0.15, 0.2) is 6.23 Å². The zero-order chi connectivity index (χ0) is 19.3. The molecule has 1 aromatic heterocycles. The maximum atomic E-state index is 12.3. The van der Waals surface area contributed by atoms with E-state index in [1.54, 1.807) is 10.2 Å². The number of anilines is 1. The summed E-state index contributed by atoms with van der Waals surface area (Å²) >= 11 is 2.01. The Morgan fingerprint density at radius 1 is 1.54 bits per heavy atom. The second-order valence-electron chi connectivity index (χ2n) is 5.36. The molecule has 1 aliphatic heterocycles. The van der Waals surface area contributed by atoms with E-state index in [2.05, 4.69) is 9.72 Å². The van der Waals surface area contributed by atoms with Crippen LogP contribution in [0.2, 0.25) is 0 Å². The largest absolute Gasteiger partial charge is 0.508 e. The van der Waals surface area contributed by atoms with Crippen molar-refractivity contribution in [1.82, 2.24) is 9.55 Å². The minimum atomic E-state index is -0.924. The number of hydrogen-bond acceptors (Lipinski definition) is 9. The Balaban J connectivity index is 2.29. The van der Waals surface area contributed by atoms with Crippen LogP contribution in [-0.4, -0.2) is 47.6 Å². The normalized spacial score (nSPS) is 22.3. The van der Waals surface area contributed by atoms with Crippen LogP contribution in [0.15, 0.2) is 15.1 Å². The van der Waals surface area contributed by atoms with Crippen LogP contribution >= 0.6 is 22.6 Å². The van der Waals surface area contributed by atoms with E-state index in [1.165, 1.54) is 24.8 Å². The Bertz CT molecular complexity index is 764. The summed E-state index contributed by atoms with van der Waals surface area (Å²) in [5.41, 5.74) is 5.60. The van der Waals surface area contributed by atoms with E-state index in [-0.39, 0.29) is 18.8 Å². The maximum Gasteiger partial charge on any atom is 0.508 e. The molecule has 0 unspecified atom stereocenters. The average Bonchev–Trinajstić information content (AvgIpc) is 2.97. The van der Waals surface area contributed by atoms with E-state index >= 15 is 0 Å². The van der Waals surface area contributed by atoms with Gasteiger partial charge in [0.25, 0.3) is 0 Å². The van der Waals surface area contributed by atoms with Crippen LogP contribution in [0.3, 0.4) is 0 Å². The molecule has 0 aliphatic carbocycles. The predicted molar refractivity (Wildman–Crippen MR) is 98.4 cm³/mol. The molecule has 0 saturated carbocycles. The van der Waals surface area contributed by atoms with Crippen LogP contribution in [-0.2, 0) is 23.7 Å². The van der Waals surface area contributed by atoms with Crippen LogP contribution in [0.25, 0.3) is 6.08 Å². The number of hydrogen-bond donors (Lipinski definition) is 1. The summed E-state index contributed by atoms with van der Waals surface area (Å²) < 4.78 is 23.2. The molecule has 0 bridgehead atoms. The van der Waals surface area contributed by atoms with Gasteiger partial charge in [0, 0.05) is 25.1 Å². The van der Waals surface area contributed by atoms with E-state index in [4.69, 9.17) is 19.9 Å². The molecule has 1 fully saturated rings. The van der Waals surface area contributed by atoms with Gasteiger partial charge < -0.3 is 24.7 Å². The van der Waals surface area contributed by atoms with Gasteiger partial charge in [0.1, 0.15) is 18.5 Å². The quantitative estimate of drug-likeness (QED) is 0.489. The summed E-state index contributed by atoms with van der Waals surface area (Å²) in [5, 5.41) is 0. The van der Waals surface area contributed by atoms with E-state index in [0.29, 0.717) is 5.56 Å². The predicted octanol–water partition coefficient (Wildman–Crippen LogP) is 1.23. The highest BCUT2D eigenvalue weighted by atomic mass is 127. The lowest BCUT2D eigenvalue weighted by molar-refractivity contribution is -0.152. The summed E-state index contributed by atoms with van der Waals surface area (Å²) in [6.07, 6.45) is 0.260. The summed E-state index contributed by atoms with van der Waals surface area (Å²) in [6, 6.07) is 0. The van der Waals surface area contributed by atoms with Crippen LogP contribution in [0.4, 0.5) is 10.6 Å². The number of aromatic nitrogens is 2. The molecule has 0 radical (unpaired) electrons. The average molecular weight is 479 g/mol. The van der Waals surface area contributed by atoms with Gasteiger partial charge in [-0.25, -0.2) is 9.59 Å². The lowest BCUT2D eigenvalue weighted by atomic mass is 10.2. The van der Waals surface area contributed by atoms with Gasteiger partial charge in [-0.3, -0.25) is 9.36 Å². The molecule has 11 heteroatoms. The summed E-state index contributed by atoms with van der Waals surface area (Å²) in [7, 11) is 1.18. The van der Waals surface area contributed by atoms with Crippen molar-refractivity contribution in [2.45, 2.75) is 31.8 Å². The van der Waals surface area contributed by atoms with Crippen LogP contribution in [0, 0.1) is 0 Å². The summed E-state index contributed by atoms with van der Waals surface area (Å²) in [4.78, 5) is 38.5. The zero-order valence-electron chi connectivity index (χ0n) is 14.1. The van der Waals surface area contributed by atoms with E-state index < -0.39 is 36.3 Å². The molecule has 3 atom stereocenters. The van der Waals surface area contributed by atoms with Crippen molar-refractivity contribution in [1.29, 1.82) is 0 Å². The fourth-order valence-electron chi connectivity index (χ4n) is 2.48. The molecule has 2 rings (SSSR count). The lowest BCUT2D eigenvalue weighted by Crippen LogP contribution is -2.34. The summed E-state index contributed by atoms with van der Waals surface area (Å²) in [5.74, 6) is -0.450. The first-order valence-corrected chi connectivity index (χ1v) is 8.79. The smallest absolute Gasteiger partial charge is 0.458 e. The Morgan fingerprint density at radius 3 is 2.88 bits per heavy atom. The first-order valence-electron chi connectivity index (χ1n) is 7.54. The molecule has 1 aromatic rings. The number of ether oxygens (including phenoxy) is 4. The van der Waals surface area contributed by atoms with Gasteiger partial charge in [-0.1, -0.05) is 22.6 Å². The first-order chi connectivity index (χ1) is 12.3. The number of methoxy groups -OCH3 is 1. The van der Waals surface area contributed by atoms with Gasteiger partial charge in [0.2, 0.25) is 0 Å². The zero-order valence-corrected chi connectivity index (χ0v) is 16.2. The second kappa shape index (κ2) is 8.98. The molecular weight excluding hydrogens is 461 g/mol. The molecule has 0 spiro atoms. The first kappa shape index (κ1) is 20.2. The van der Waals surface area contributed by atoms with Crippen molar-refractivity contribution in [3.05, 3.63) is 26.3 Å². The Morgan fingerprint density at radius 2 is 2.27 bits per heavy atom. The second-order valence-corrected chi connectivity index (χ2v) is 6.08. The molecule has 2 N–H and O–H groups in total. The number of rotatable bonds is 5. The number of carbonyl (C=O) groups excluding carboxylic acids is 2. The van der Waals surface area contributed by atoms with Crippen LogP contribution in [0.5, 0.6) is 0 Å². The highest BCUT2D eigenvalue weighted by molar-refractivity contribution is 14.1. The molecule has 1 aliphatic rings. The molecule has 142 valence electrons. The highest BCUT2D eigenvalue weighted by Crippen LogP contribution is 2.31. The van der Waals surface area contributed by atoms with Crippen LogP contribution < -0.4 is 11.4 Å². The molecule has 1 saturated heterocycles. The topological polar surface area (TPSA) is 132 Å². The third-order valence-electron chi connectivity index (χ3n) is 3.54. The van der Waals surface area contributed by atoms with Gasteiger partial charge in [-0.15, -0.1) is 0 Å². The lowest BCUT2D eigenvalue weighted by Gasteiger charge is -2.21. The maximum absolute atomic E-state index is 12.3. The number of nitrogens with two attached hydrogens (primary N) is 1. The standard InChI is InChI=1S/C15H18IN3O7/c1-8(20)25-11-5-10(7-24-15(22)23-2)26-13(11)19-6-9(3-4-16)12(17)18-14(19)21/h3-4,6,10-11,13H,5,7H2,1-2H3,(H2,17,18,21)/t10-,11+,13+/m0/s1. The van der Waals surface area contributed by atoms with Gasteiger partial charge in [-0.2, -0.15) is 4.98 Å². The Hall–Kier alpha value is -2.15. The van der Waals surface area contributed by atoms with Crippen molar-refractivity contribution in [2.24, 2.45) is 0 Å². The van der Waals surface area contributed by atoms with Gasteiger partial charge >= 0.3 is 17.8 Å². The van der Waals surface area contributed by atoms with E-state index in [1.807, 2.05) is 22.6 Å². The van der Waals surface area contributed by atoms with Crippen molar-refractivity contribution in [2.75, 3.05) is 19.5 Å². The molecule has 26 heavy (non-hydrogen) atoms. The number of carbonyl (C=O) groups is 2. The van der Waals surface area contributed by atoms with Crippen molar-refractivity contribution in [3.63, 3.8) is 0 Å². The fraction of sp³-hybridized carbons (Fsp3) is 0.467. The Kier molecular flexibility index (Phi) is 6.97. The van der Waals surface area contributed by atoms with Crippen molar-refractivity contribution in [3.8, 4) is 0 Å². The van der Waals surface area contributed by atoms with Gasteiger partial charge in [-0.05, 0) is 10.2 Å². The monoisotopic (exact) mass is 479 g/mol. The number of nitrogen functional groups attached to an aromatic ring is 1. The fourth-order valence-corrected chi connectivity index (χ4v) is 2.87. The minimum absolute atomic E-state index is 0.0757. The SMILES string of the molecule is COC(=O)OC[C@@H]1C[C@@H](OC(C)=O)[C@H](n2cc(C=CI)c(N)nc2=O)O1. The minimum Gasteiger partial charge on any atom is -0.458 e. The van der Waals surface area contributed by atoms with E-state index in [9.17, 15) is 14.4 Å². The molecule has 0 amide bonds. The third kappa shape index (κ3) is 4.94. The van der Waals surface area contributed by atoms with Crippen molar-refractivity contribution < 1.29 is 28.5 Å². The number of halogens is 1. The van der Waals surface area contributed by atoms with Crippen LogP contribution in [0.1, 0.15) is 25.1 Å². The summed E-state index contributed by atoms with van der Waals surface area (Å²) in [6.45, 7) is 1.14. The molecule has 0 aromatic carbocycles. The van der Waals surface area contributed by atoms with Crippen molar-refractivity contribution >= 4 is 46.6 Å². The number of nitrogens with zero attached hydrogens (tertiary/aromatic N) is 2. The molecular formula is C15H18IN3O7. The number of esters is 1. The van der Waals surface area contributed by atoms with Gasteiger partial charge in [0.05, 0.1) is 13.2 Å². The Labute approximate surface area is 162 Å². The third-order valence-corrected chi connectivity index (χ3v) is 3.90. The molecule has 10 nitrogen and oxygen atoms in total.